The number of rotatable bonds is 23. The molecule has 0 aliphatic carbocycles. The van der Waals surface area contributed by atoms with Crippen LogP contribution in [-0.2, 0) is 18.9 Å². The lowest BCUT2D eigenvalue weighted by molar-refractivity contribution is -0.302. The van der Waals surface area contributed by atoms with E-state index in [1.165, 1.54) is 0 Å². The Morgan fingerprint density at radius 3 is 1.67 bits per heavy atom. The number of aliphatic hydroxyl groups excluding tert-OH is 2. The van der Waals surface area contributed by atoms with Crippen molar-refractivity contribution < 1.29 is 48.2 Å². The van der Waals surface area contributed by atoms with E-state index in [4.69, 9.17) is 33.2 Å². The van der Waals surface area contributed by atoms with Crippen LogP contribution in [-0.4, -0.2) is 86.5 Å². The maximum atomic E-state index is 13.7. The van der Waals surface area contributed by atoms with Gasteiger partial charge in [-0.05, 0) is 44.2 Å². The monoisotopic (exact) mass is 612 g/mol. The minimum Gasteiger partial charge on any atom is -0.490 e. The molecule has 1 heterocycles. The minimum absolute atomic E-state index is 0.201. The highest BCUT2D eigenvalue weighted by Crippen LogP contribution is 2.40. The van der Waals surface area contributed by atoms with E-state index in [0.29, 0.717) is 50.3 Å². The first kappa shape index (κ1) is 37.1. The smallest absolute Gasteiger partial charge is 0.340 e. The van der Waals surface area contributed by atoms with E-state index in [2.05, 4.69) is 20.8 Å². The van der Waals surface area contributed by atoms with Gasteiger partial charge in [0, 0.05) is 13.2 Å². The predicted octanol–water partition coefficient (Wildman–Crippen LogP) is 5.83. The van der Waals surface area contributed by atoms with Gasteiger partial charge < -0.3 is 43.4 Å². The number of hydrogen-bond donors (Lipinski definition) is 2. The van der Waals surface area contributed by atoms with E-state index < -0.39 is 43.3 Å². The lowest BCUT2D eigenvalue weighted by Gasteiger charge is -2.43. The van der Waals surface area contributed by atoms with Gasteiger partial charge in [0.2, 0.25) is 12.0 Å². The highest BCUT2D eigenvalue weighted by molar-refractivity contribution is 5.91. The summed E-state index contributed by atoms with van der Waals surface area (Å²) in [7, 11) is 0. The number of carbonyl (C=O) groups is 1. The van der Waals surface area contributed by atoms with Crippen molar-refractivity contribution in [2.45, 2.75) is 130 Å². The number of esters is 1. The number of aliphatic hydroxyl groups is 2. The van der Waals surface area contributed by atoms with Crippen LogP contribution in [0.2, 0.25) is 0 Å². The highest BCUT2D eigenvalue weighted by atomic mass is 16.7. The zero-order valence-electron chi connectivity index (χ0n) is 27.0. The van der Waals surface area contributed by atoms with Crippen molar-refractivity contribution in [3.63, 3.8) is 0 Å². The predicted molar refractivity (Wildman–Crippen MR) is 164 cm³/mol. The Balaban J connectivity index is 2.42. The molecule has 1 aromatic rings. The molecule has 1 aliphatic heterocycles. The van der Waals surface area contributed by atoms with Crippen LogP contribution in [0.4, 0.5) is 0 Å². The molecule has 2 N–H and O–H groups in total. The van der Waals surface area contributed by atoms with Gasteiger partial charge >= 0.3 is 5.97 Å². The van der Waals surface area contributed by atoms with Gasteiger partial charge in [0.05, 0.1) is 32.0 Å². The van der Waals surface area contributed by atoms with Gasteiger partial charge in [-0.25, -0.2) is 4.79 Å². The van der Waals surface area contributed by atoms with E-state index in [1.807, 2.05) is 13.8 Å². The van der Waals surface area contributed by atoms with Crippen molar-refractivity contribution in [3.8, 4) is 17.2 Å². The average Bonchev–Trinajstić information content (AvgIpc) is 3.00. The maximum absolute atomic E-state index is 13.7. The molecule has 0 amide bonds. The fourth-order valence-corrected chi connectivity index (χ4v) is 4.43. The number of carbonyl (C=O) groups excluding carboxylic acids is 1. The average molecular weight is 613 g/mol. The third-order valence-corrected chi connectivity index (χ3v) is 7.15. The van der Waals surface area contributed by atoms with Crippen LogP contribution in [0, 0.1) is 0 Å². The number of ether oxygens (including phenoxy) is 7. The molecule has 248 valence electrons. The number of unbranched alkanes of at least 4 members (excludes halogenated alkanes) is 5. The molecule has 0 spiro atoms. The molecule has 2 unspecified atom stereocenters. The quantitative estimate of drug-likeness (QED) is 0.115. The van der Waals surface area contributed by atoms with Gasteiger partial charge in [0.25, 0.3) is 0 Å². The summed E-state index contributed by atoms with van der Waals surface area (Å²) in [6, 6.07) is 3.21. The Bertz CT molecular complexity index is 863. The zero-order chi connectivity index (χ0) is 31.5. The van der Waals surface area contributed by atoms with Gasteiger partial charge in [-0.15, -0.1) is 0 Å². The molecule has 43 heavy (non-hydrogen) atoms. The Hall–Kier alpha value is -2.11. The van der Waals surface area contributed by atoms with Crippen LogP contribution in [0.3, 0.4) is 0 Å². The summed E-state index contributed by atoms with van der Waals surface area (Å²) in [5, 5.41) is 20.9. The summed E-state index contributed by atoms with van der Waals surface area (Å²) in [6.45, 7) is 12.0. The van der Waals surface area contributed by atoms with Gasteiger partial charge in [-0.2, -0.15) is 0 Å². The molecule has 2 rings (SSSR count). The Morgan fingerprint density at radius 1 is 0.721 bits per heavy atom. The zero-order valence-corrected chi connectivity index (χ0v) is 27.0. The van der Waals surface area contributed by atoms with Crippen LogP contribution >= 0.6 is 0 Å². The molecule has 0 bridgehead atoms. The van der Waals surface area contributed by atoms with E-state index in [0.717, 1.165) is 64.2 Å². The Kier molecular flexibility index (Phi) is 18.6. The molecule has 10 nitrogen and oxygen atoms in total. The van der Waals surface area contributed by atoms with Crippen LogP contribution < -0.4 is 14.2 Å². The summed E-state index contributed by atoms with van der Waals surface area (Å²) in [6.07, 6.45) is 3.67. The maximum Gasteiger partial charge on any atom is 0.340 e. The normalized spacial score (nSPS) is 21.9. The molecule has 0 saturated carbocycles. The Morgan fingerprint density at radius 2 is 1.19 bits per heavy atom. The molecule has 1 aliphatic rings. The molecular formula is C33H56O10. The second kappa shape index (κ2) is 21.6. The third-order valence-electron chi connectivity index (χ3n) is 7.15. The van der Waals surface area contributed by atoms with Crippen LogP contribution in [0.15, 0.2) is 12.1 Å². The highest BCUT2D eigenvalue weighted by Gasteiger charge is 2.48. The first-order chi connectivity index (χ1) is 20.9. The van der Waals surface area contributed by atoms with Crippen molar-refractivity contribution in [3.05, 3.63) is 17.7 Å². The van der Waals surface area contributed by atoms with Crippen LogP contribution in [0.1, 0.15) is 109 Å². The molecule has 1 fully saturated rings. The number of hydrogen-bond acceptors (Lipinski definition) is 10. The minimum atomic E-state index is -1.22. The fourth-order valence-electron chi connectivity index (χ4n) is 4.43. The molecular weight excluding hydrogens is 556 g/mol. The third kappa shape index (κ3) is 12.1. The van der Waals surface area contributed by atoms with Gasteiger partial charge in [0.1, 0.15) is 24.4 Å². The van der Waals surface area contributed by atoms with Crippen LogP contribution in [0.25, 0.3) is 0 Å². The van der Waals surface area contributed by atoms with Gasteiger partial charge in [-0.3, -0.25) is 0 Å². The van der Waals surface area contributed by atoms with Gasteiger partial charge in [-0.1, -0.05) is 66.7 Å². The molecule has 1 aromatic carbocycles. The van der Waals surface area contributed by atoms with E-state index >= 15 is 0 Å². The van der Waals surface area contributed by atoms with Crippen molar-refractivity contribution in [2.75, 3.05) is 39.6 Å². The van der Waals surface area contributed by atoms with Gasteiger partial charge in [0.15, 0.2) is 11.5 Å². The summed E-state index contributed by atoms with van der Waals surface area (Å²) in [5.41, 5.74) is 0.201. The Labute approximate surface area is 258 Å². The molecule has 0 aromatic heterocycles. The van der Waals surface area contributed by atoms with E-state index in [-0.39, 0.29) is 5.56 Å². The largest absolute Gasteiger partial charge is 0.490 e. The standard InChI is InChI=1S/C33H56O10/c1-6-11-16-37-25-21-24(22-26(38-17-12-7-2)29(25)39-18-13-8-3)32(36)43-33-31(41-20-15-10-5)30(40-19-14-9-4)28(35)27(23-34)42-33/h21-22,27-28,30-31,33-35H,6-20,23H2,1-5H3/t27?,28-,30+,31?,33+/m1/s1. The lowest BCUT2D eigenvalue weighted by atomic mass is 9.98. The summed E-state index contributed by atoms with van der Waals surface area (Å²) >= 11 is 0. The lowest BCUT2D eigenvalue weighted by Crippen LogP contribution is -2.61. The number of benzene rings is 1. The SMILES string of the molecule is CCCCOc1cc(C(=O)O[C@@H]2OC(CO)[C@@H](O)[C@H](OCCCC)C2OCCCC)cc(OCCCC)c1OCCCC. The van der Waals surface area contributed by atoms with Crippen molar-refractivity contribution in [1.82, 2.24) is 0 Å². The van der Waals surface area contributed by atoms with Crippen molar-refractivity contribution in [1.29, 1.82) is 0 Å². The second-order valence-corrected chi connectivity index (χ2v) is 10.9. The first-order valence-electron chi connectivity index (χ1n) is 16.4. The van der Waals surface area contributed by atoms with E-state index in [1.54, 1.807) is 12.1 Å². The summed E-state index contributed by atoms with van der Waals surface area (Å²) in [4.78, 5) is 13.7. The topological polar surface area (TPSA) is 122 Å². The summed E-state index contributed by atoms with van der Waals surface area (Å²) in [5.74, 6) is 0.612. The van der Waals surface area contributed by atoms with Crippen molar-refractivity contribution >= 4 is 5.97 Å². The molecule has 1 saturated heterocycles. The van der Waals surface area contributed by atoms with Crippen molar-refractivity contribution in [2.24, 2.45) is 0 Å². The first-order valence-corrected chi connectivity index (χ1v) is 16.4. The second-order valence-electron chi connectivity index (χ2n) is 10.9. The summed E-state index contributed by atoms with van der Waals surface area (Å²) < 4.78 is 42.2. The van der Waals surface area contributed by atoms with E-state index in [9.17, 15) is 15.0 Å². The molecule has 10 heteroatoms. The molecule has 0 radical (unpaired) electrons. The fraction of sp³-hybridized carbons (Fsp3) is 0.788. The molecule has 5 atom stereocenters. The van der Waals surface area contributed by atoms with Crippen LogP contribution in [0.5, 0.6) is 17.2 Å².